The third kappa shape index (κ3) is 3.80. The van der Waals surface area contributed by atoms with E-state index in [1.54, 1.807) is 25.3 Å². The number of carbonyl (C=O) groups excluding carboxylic acids is 2. The van der Waals surface area contributed by atoms with Gasteiger partial charge in [0.05, 0.1) is 25.8 Å². The summed E-state index contributed by atoms with van der Waals surface area (Å²) in [6, 6.07) is 12.0. The number of Topliss-reactive ketones (excluding diaryl/α,β-unsaturated/α-hetero) is 1. The van der Waals surface area contributed by atoms with Crippen molar-refractivity contribution in [3.63, 3.8) is 0 Å². The number of aromatic nitrogens is 1. The van der Waals surface area contributed by atoms with E-state index in [1.807, 2.05) is 31.2 Å². The summed E-state index contributed by atoms with van der Waals surface area (Å²) in [6.45, 7) is 2.62. The van der Waals surface area contributed by atoms with Gasteiger partial charge < -0.3 is 29.2 Å². The number of aliphatic hydroxyl groups excluding tert-OH is 1. The van der Waals surface area contributed by atoms with Gasteiger partial charge in [-0.05, 0) is 31.5 Å². The van der Waals surface area contributed by atoms with Gasteiger partial charge in [0.15, 0.2) is 0 Å². The van der Waals surface area contributed by atoms with Gasteiger partial charge in [0.1, 0.15) is 22.8 Å². The smallest absolute Gasteiger partial charge is 0.295 e. The van der Waals surface area contributed by atoms with Crippen LogP contribution in [-0.2, 0) is 14.3 Å². The maximum absolute atomic E-state index is 13.4. The lowest BCUT2D eigenvalue weighted by molar-refractivity contribution is -0.140. The van der Waals surface area contributed by atoms with Gasteiger partial charge in [0.2, 0.25) is 0 Å². The van der Waals surface area contributed by atoms with E-state index in [1.165, 1.54) is 19.1 Å². The molecule has 1 amide bonds. The van der Waals surface area contributed by atoms with E-state index in [0.717, 1.165) is 22.2 Å². The highest BCUT2D eigenvalue weighted by Gasteiger charge is 2.47. The molecule has 0 bridgehead atoms. The van der Waals surface area contributed by atoms with Gasteiger partial charge in [-0.1, -0.05) is 24.3 Å². The Bertz CT molecular complexity index is 1250. The molecule has 1 unspecified atom stereocenters. The molecule has 0 aliphatic carbocycles. The zero-order valence-electron chi connectivity index (χ0n) is 19.7. The van der Waals surface area contributed by atoms with Crippen molar-refractivity contribution >= 4 is 28.4 Å². The van der Waals surface area contributed by atoms with E-state index >= 15 is 0 Å². The van der Waals surface area contributed by atoms with Crippen LogP contribution in [-0.4, -0.2) is 61.2 Å². The topological polar surface area (TPSA) is 101 Å². The van der Waals surface area contributed by atoms with Gasteiger partial charge in [0.25, 0.3) is 11.7 Å². The minimum absolute atomic E-state index is 0.00179. The van der Waals surface area contributed by atoms with Crippen LogP contribution in [0.15, 0.2) is 48.0 Å². The van der Waals surface area contributed by atoms with E-state index < -0.39 is 17.7 Å². The first-order valence-corrected chi connectivity index (χ1v) is 11.0. The first-order valence-electron chi connectivity index (χ1n) is 11.0. The van der Waals surface area contributed by atoms with Crippen molar-refractivity contribution in [1.82, 2.24) is 9.88 Å². The number of carbonyl (C=O) groups is 2. The second kappa shape index (κ2) is 9.61. The number of hydrogen-bond donors (Lipinski definition) is 2. The summed E-state index contributed by atoms with van der Waals surface area (Å²) in [5.74, 6) is -1.09. The number of hydrogen-bond acceptors (Lipinski definition) is 6. The molecule has 178 valence electrons. The number of ether oxygens (including phenoxy) is 3. The number of fused-ring (bicyclic) bond motifs is 1. The van der Waals surface area contributed by atoms with Gasteiger partial charge in [-0.3, -0.25) is 9.59 Å². The lowest BCUT2D eigenvalue weighted by atomic mass is 9.92. The van der Waals surface area contributed by atoms with Gasteiger partial charge in [-0.15, -0.1) is 0 Å². The molecule has 3 aromatic rings. The second-order valence-electron chi connectivity index (χ2n) is 8.09. The minimum atomic E-state index is -0.789. The minimum Gasteiger partial charge on any atom is -0.506 e. The quantitative estimate of drug-likeness (QED) is 0.227. The normalized spacial score (nSPS) is 17.5. The summed E-state index contributed by atoms with van der Waals surface area (Å²) < 4.78 is 16.1. The van der Waals surface area contributed by atoms with Crippen LogP contribution in [0.1, 0.15) is 29.3 Å². The van der Waals surface area contributed by atoms with Gasteiger partial charge in [-0.2, -0.15) is 0 Å². The molecule has 0 radical (unpaired) electrons. The molecule has 1 aromatic heterocycles. The van der Waals surface area contributed by atoms with Crippen LogP contribution in [0, 0.1) is 6.92 Å². The molecule has 4 rings (SSSR count). The molecule has 0 spiro atoms. The van der Waals surface area contributed by atoms with Crippen LogP contribution in [0.3, 0.4) is 0 Å². The van der Waals surface area contributed by atoms with Crippen molar-refractivity contribution in [3.05, 3.63) is 64.9 Å². The van der Waals surface area contributed by atoms with Crippen molar-refractivity contribution in [2.24, 2.45) is 0 Å². The van der Waals surface area contributed by atoms with Crippen LogP contribution in [0.5, 0.6) is 11.5 Å². The molecule has 8 nitrogen and oxygen atoms in total. The van der Waals surface area contributed by atoms with Crippen LogP contribution >= 0.6 is 0 Å². The Labute approximate surface area is 197 Å². The maximum atomic E-state index is 13.4. The van der Waals surface area contributed by atoms with E-state index in [9.17, 15) is 14.7 Å². The Kier molecular flexibility index (Phi) is 6.61. The summed E-state index contributed by atoms with van der Waals surface area (Å²) in [6.07, 6.45) is 0.541. The SMILES string of the molecule is COCCCN1C(=O)C(=O)/C(=C(/O)c2c(OC)cccc2OC)C1c1c(C)[nH]c2ccccc12. The summed E-state index contributed by atoms with van der Waals surface area (Å²) in [4.78, 5) is 31.5. The van der Waals surface area contributed by atoms with Crippen LogP contribution in [0.4, 0.5) is 0 Å². The number of aliphatic hydroxyl groups is 1. The Hall–Kier alpha value is -3.78. The molecule has 2 aromatic carbocycles. The van der Waals surface area contributed by atoms with E-state index in [4.69, 9.17) is 14.2 Å². The van der Waals surface area contributed by atoms with Gasteiger partial charge >= 0.3 is 0 Å². The highest BCUT2D eigenvalue weighted by Crippen LogP contribution is 2.45. The molecule has 1 aliphatic rings. The Morgan fingerprint density at radius 2 is 1.71 bits per heavy atom. The maximum Gasteiger partial charge on any atom is 0.295 e. The van der Waals surface area contributed by atoms with Gasteiger partial charge in [0, 0.05) is 42.4 Å². The first kappa shape index (κ1) is 23.4. The van der Waals surface area contributed by atoms with Crippen LogP contribution in [0.2, 0.25) is 0 Å². The lowest BCUT2D eigenvalue weighted by Crippen LogP contribution is -2.31. The monoisotopic (exact) mass is 464 g/mol. The number of ketones is 1. The second-order valence-corrected chi connectivity index (χ2v) is 8.09. The molecule has 8 heteroatoms. The highest BCUT2D eigenvalue weighted by atomic mass is 16.5. The molecule has 2 heterocycles. The summed E-state index contributed by atoms with van der Waals surface area (Å²) in [5, 5.41) is 12.4. The fraction of sp³-hybridized carbons (Fsp3) is 0.308. The van der Waals surface area contributed by atoms with Gasteiger partial charge in [-0.25, -0.2) is 0 Å². The number of likely N-dealkylation sites (tertiary alicyclic amines) is 1. The Morgan fingerprint density at radius 1 is 1.03 bits per heavy atom. The largest absolute Gasteiger partial charge is 0.506 e. The predicted octanol–water partition coefficient (Wildman–Crippen LogP) is 3.95. The van der Waals surface area contributed by atoms with Crippen molar-refractivity contribution in [1.29, 1.82) is 0 Å². The highest BCUT2D eigenvalue weighted by molar-refractivity contribution is 6.46. The van der Waals surface area contributed by atoms with E-state index in [2.05, 4.69) is 4.98 Å². The fourth-order valence-electron chi connectivity index (χ4n) is 4.66. The molecule has 1 saturated heterocycles. The fourth-order valence-corrected chi connectivity index (χ4v) is 4.66. The zero-order valence-corrected chi connectivity index (χ0v) is 19.7. The van der Waals surface area contributed by atoms with E-state index in [0.29, 0.717) is 31.1 Å². The molecular weight excluding hydrogens is 436 g/mol. The Morgan fingerprint density at radius 3 is 2.35 bits per heavy atom. The third-order valence-corrected chi connectivity index (χ3v) is 6.17. The van der Waals surface area contributed by atoms with Crippen molar-refractivity contribution in [3.8, 4) is 11.5 Å². The molecule has 1 fully saturated rings. The number of benzene rings is 2. The first-order chi connectivity index (χ1) is 16.4. The van der Waals surface area contributed by atoms with Crippen LogP contribution < -0.4 is 9.47 Å². The number of H-pyrrole nitrogens is 1. The predicted molar refractivity (Wildman–Crippen MR) is 128 cm³/mol. The number of nitrogens with zero attached hydrogens (tertiary/aromatic N) is 1. The molecule has 1 aliphatic heterocycles. The summed E-state index contributed by atoms with van der Waals surface area (Å²) in [5.41, 5.74) is 2.68. The Balaban J connectivity index is 2.00. The zero-order chi connectivity index (χ0) is 24.4. The van der Waals surface area contributed by atoms with Crippen molar-refractivity contribution in [2.75, 3.05) is 34.5 Å². The number of aromatic amines is 1. The average Bonchev–Trinajstić information content (AvgIpc) is 3.30. The number of aryl methyl sites for hydroxylation is 1. The number of amides is 1. The summed E-state index contributed by atoms with van der Waals surface area (Å²) in [7, 11) is 4.52. The number of methoxy groups -OCH3 is 3. The van der Waals surface area contributed by atoms with Crippen molar-refractivity contribution in [2.45, 2.75) is 19.4 Å². The third-order valence-electron chi connectivity index (χ3n) is 6.17. The summed E-state index contributed by atoms with van der Waals surface area (Å²) >= 11 is 0. The molecule has 34 heavy (non-hydrogen) atoms. The number of para-hydroxylation sites is 1. The average molecular weight is 465 g/mol. The number of rotatable bonds is 8. The lowest BCUT2D eigenvalue weighted by Gasteiger charge is -2.26. The molecular formula is C26H28N2O6. The number of nitrogens with one attached hydrogen (secondary N) is 1. The molecule has 2 N–H and O–H groups in total. The molecule has 0 saturated carbocycles. The van der Waals surface area contributed by atoms with Crippen molar-refractivity contribution < 1.29 is 28.9 Å². The standard InChI is InChI=1S/C26H28N2O6/c1-15-20(16-9-5-6-10-17(16)27-15)23-22(25(30)26(31)28(23)13-8-14-32-2)24(29)21-18(33-3)11-7-12-19(21)34-4/h5-7,9-12,23,27,29H,8,13-14H2,1-4H3/b24-22+. The van der Waals surface area contributed by atoms with E-state index in [-0.39, 0.29) is 16.9 Å². The molecule has 1 atom stereocenters. The van der Waals surface area contributed by atoms with Crippen LogP contribution in [0.25, 0.3) is 16.7 Å².